The maximum atomic E-state index is 5.30. The van der Waals surface area contributed by atoms with E-state index < -0.39 is 0 Å². The summed E-state index contributed by atoms with van der Waals surface area (Å²) in [5.41, 5.74) is 0. The number of hydrogen-bond acceptors (Lipinski definition) is 3. The highest BCUT2D eigenvalue weighted by Gasteiger charge is 1.97. The molecule has 0 heterocycles. The normalized spacial score (nSPS) is 11.8. The molecule has 0 rings (SSSR count). The van der Waals surface area contributed by atoms with E-state index in [1.165, 1.54) is 0 Å². The minimum atomic E-state index is 0.405. The van der Waals surface area contributed by atoms with Crippen molar-refractivity contribution in [2.24, 2.45) is 0 Å². The molecule has 0 aliphatic rings. The van der Waals surface area contributed by atoms with Crippen LogP contribution in [0.2, 0.25) is 0 Å². The molecule has 0 bridgehead atoms. The van der Waals surface area contributed by atoms with Crippen LogP contribution in [0.5, 0.6) is 0 Å². The van der Waals surface area contributed by atoms with Crippen molar-refractivity contribution < 1.29 is 9.47 Å². The average Bonchev–Trinajstić information content (AvgIpc) is 2.16. The van der Waals surface area contributed by atoms with Crippen LogP contribution in [0.3, 0.4) is 0 Å². The summed E-state index contributed by atoms with van der Waals surface area (Å²) in [6.07, 6.45) is 1.51. The van der Waals surface area contributed by atoms with Crippen molar-refractivity contribution in [2.75, 3.05) is 33.9 Å². The van der Waals surface area contributed by atoms with Crippen LogP contribution in [-0.2, 0) is 9.47 Å². The first-order chi connectivity index (χ1) is 6.22. The van der Waals surface area contributed by atoms with Gasteiger partial charge in [0.1, 0.15) is 0 Å². The molecule has 0 aliphatic carbocycles. The van der Waals surface area contributed by atoms with E-state index in [2.05, 4.69) is 17.0 Å². The van der Waals surface area contributed by atoms with Gasteiger partial charge in [-0.05, 0) is 40.8 Å². The third-order valence-corrected chi connectivity index (χ3v) is 1.54. The molecule has 1 N–H and O–H groups in total. The van der Waals surface area contributed by atoms with Crippen molar-refractivity contribution in [3.8, 4) is 0 Å². The lowest BCUT2D eigenvalue weighted by atomic mass is 10.3. The summed E-state index contributed by atoms with van der Waals surface area (Å²) in [7, 11) is 3.64. The summed E-state index contributed by atoms with van der Waals surface area (Å²) in [5.74, 6) is 0. The summed E-state index contributed by atoms with van der Waals surface area (Å²) >= 11 is 0. The molecule has 0 aromatic heterocycles. The van der Waals surface area contributed by atoms with Gasteiger partial charge in [0.25, 0.3) is 0 Å². The zero-order valence-corrected chi connectivity index (χ0v) is 9.72. The zero-order valence-electron chi connectivity index (χ0n) is 9.72. The Balaban J connectivity index is 0. The molecule has 0 aromatic rings. The van der Waals surface area contributed by atoms with Crippen LogP contribution in [0.1, 0.15) is 27.2 Å². The summed E-state index contributed by atoms with van der Waals surface area (Å²) in [6.45, 7) is 8.77. The average molecular weight is 191 g/mol. The Bertz CT molecular complexity index is 77.3. The summed E-state index contributed by atoms with van der Waals surface area (Å²) in [6, 6.07) is 0. The quantitative estimate of drug-likeness (QED) is 0.693. The SMILES string of the molecule is CCOC.CCOC(C)CCNC. The van der Waals surface area contributed by atoms with Crippen LogP contribution in [0, 0.1) is 0 Å². The highest BCUT2D eigenvalue weighted by molar-refractivity contribution is 4.50. The van der Waals surface area contributed by atoms with Gasteiger partial charge in [0.2, 0.25) is 0 Å². The van der Waals surface area contributed by atoms with E-state index in [1.54, 1.807) is 7.11 Å². The number of methoxy groups -OCH3 is 1. The summed E-state index contributed by atoms with van der Waals surface area (Å²) in [4.78, 5) is 0. The second-order valence-electron chi connectivity index (χ2n) is 2.74. The van der Waals surface area contributed by atoms with Gasteiger partial charge in [-0.15, -0.1) is 0 Å². The number of hydrogen-bond donors (Lipinski definition) is 1. The highest BCUT2D eigenvalue weighted by Crippen LogP contribution is 1.93. The molecular formula is C10H25NO2. The second kappa shape index (κ2) is 14.4. The fraction of sp³-hybridized carbons (Fsp3) is 1.00. The fourth-order valence-corrected chi connectivity index (χ4v) is 0.715. The van der Waals surface area contributed by atoms with E-state index in [-0.39, 0.29) is 0 Å². The van der Waals surface area contributed by atoms with Gasteiger partial charge in [-0.2, -0.15) is 0 Å². The molecule has 0 aromatic carbocycles. The van der Waals surface area contributed by atoms with E-state index in [0.29, 0.717) is 6.10 Å². The Kier molecular flexibility index (Phi) is 17.0. The molecular weight excluding hydrogens is 166 g/mol. The van der Waals surface area contributed by atoms with Gasteiger partial charge in [-0.25, -0.2) is 0 Å². The molecule has 1 unspecified atom stereocenters. The van der Waals surface area contributed by atoms with Crippen LogP contribution >= 0.6 is 0 Å². The molecule has 3 heteroatoms. The van der Waals surface area contributed by atoms with Gasteiger partial charge in [0.05, 0.1) is 6.10 Å². The topological polar surface area (TPSA) is 30.5 Å². The molecule has 3 nitrogen and oxygen atoms in total. The number of ether oxygens (including phenoxy) is 2. The minimum absolute atomic E-state index is 0.405. The Labute approximate surface area is 82.8 Å². The summed E-state index contributed by atoms with van der Waals surface area (Å²) in [5, 5.41) is 3.08. The van der Waals surface area contributed by atoms with E-state index in [4.69, 9.17) is 4.74 Å². The molecule has 1 atom stereocenters. The predicted molar refractivity (Wildman–Crippen MR) is 57.2 cm³/mol. The van der Waals surface area contributed by atoms with Gasteiger partial charge < -0.3 is 14.8 Å². The highest BCUT2D eigenvalue weighted by atomic mass is 16.5. The second-order valence-corrected chi connectivity index (χ2v) is 2.74. The third kappa shape index (κ3) is 18.7. The molecule has 0 saturated carbocycles. The van der Waals surface area contributed by atoms with Crippen LogP contribution in [0.15, 0.2) is 0 Å². The lowest BCUT2D eigenvalue weighted by Gasteiger charge is -2.09. The van der Waals surface area contributed by atoms with Crippen LogP contribution in [0.25, 0.3) is 0 Å². The van der Waals surface area contributed by atoms with Crippen LogP contribution in [-0.4, -0.2) is 40.0 Å². The van der Waals surface area contributed by atoms with Gasteiger partial charge in [-0.3, -0.25) is 0 Å². The summed E-state index contributed by atoms with van der Waals surface area (Å²) < 4.78 is 9.85. The molecule has 0 saturated heterocycles. The van der Waals surface area contributed by atoms with E-state index in [9.17, 15) is 0 Å². The van der Waals surface area contributed by atoms with Gasteiger partial charge >= 0.3 is 0 Å². The molecule has 0 fully saturated rings. The first-order valence-electron chi connectivity index (χ1n) is 4.97. The van der Waals surface area contributed by atoms with Gasteiger partial charge in [0.15, 0.2) is 0 Å². The van der Waals surface area contributed by atoms with Crippen molar-refractivity contribution in [1.29, 1.82) is 0 Å². The first kappa shape index (κ1) is 15.4. The fourth-order valence-electron chi connectivity index (χ4n) is 0.715. The maximum absolute atomic E-state index is 5.30. The van der Waals surface area contributed by atoms with Crippen molar-refractivity contribution in [3.63, 3.8) is 0 Å². The monoisotopic (exact) mass is 191 g/mol. The zero-order chi connectivity index (χ0) is 10.5. The van der Waals surface area contributed by atoms with Crippen molar-refractivity contribution in [3.05, 3.63) is 0 Å². The molecule has 82 valence electrons. The molecule has 0 aliphatic heterocycles. The lowest BCUT2D eigenvalue weighted by molar-refractivity contribution is 0.0708. The Morgan fingerprint density at radius 3 is 2.08 bits per heavy atom. The van der Waals surface area contributed by atoms with Crippen LogP contribution < -0.4 is 5.32 Å². The largest absolute Gasteiger partial charge is 0.385 e. The van der Waals surface area contributed by atoms with E-state index in [1.807, 2.05) is 20.9 Å². The van der Waals surface area contributed by atoms with Gasteiger partial charge in [-0.1, -0.05) is 0 Å². The minimum Gasteiger partial charge on any atom is -0.385 e. The Hall–Kier alpha value is -0.120. The van der Waals surface area contributed by atoms with Crippen molar-refractivity contribution >= 4 is 0 Å². The lowest BCUT2D eigenvalue weighted by Crippen LogP contribution is -2.16. The molecule has 0 amide bonds. The van der Waals surface area contributed by atoms with Gasteiger partial charge in [0, 0.05) is 20.3 Å². The van der Waals surface area contributed by atoms with E-state index >= 15 is 0 Å². The first-order valence-corrected chi connectivity index (χ1v) is 4.97. The smallest absolute Gasteiger partial charge is 0.0558 e. The molecule has 0 spiro atoms. The molecule has 0 radical (unpaired) electrons. The number of nitrogens with one attached hydrogen (secondary N) is 1. The third-order valence-electron chi connectivity index (χ3n) is 1.54. The standard InChI is InChI=1S/C7H17NO.C3H8O/c1-4-9-7(2)5-6-8-3;1-3-4-2/h7-8H,4-6H2,1-3H3;3H2,1-2H3. The van der Waals surface area contributed by atoms with E-state index in [0.717, 1.165) is 26.2 Å². The Morgan fingerprint density at radius 2 is 1.77 bits per heavy atom. The number of rotatable bonds is 6. The van der Waals surface area contributed by atoms with Crippen molar-refractivity contribution in [2.45, 2.75) is 33.3 Å². The maximum Gasteiger partial charge on any atom is 0.0558 e. The van der Waals surface area contributed by atoms with Crippen molar-refractivity contribution in [1.82, 2.24) is 5.32 Å². The Morgan fingerprint density at radius 1 is 1.23 bits per heavy atom. The molecule has 13 heavy (non-hydrogen) atoms. The predicted octanol–water partition coefficient (Wildman–Crippen LogP) is 1.67. The van der Waals surface area contributed by atoms with Crippen LogP contribution in [0.4, 0.5) is 0 Å².